The van der Waals surface area contributed by atoms with Gasteiger partial charge in [0.15, 0.2) is 0 Å². The van der Waals surface area contributed by atoms with Crippen molar-refractivity contribution in [2.75, 3.05) is 17.6 Å². The second-order valence-electron chi connectivity index (χ2n) is 3.27. The molecule has 1 aromatic heterocycles. The van der Waals surface area contributed by atoms with E-state index < -0.39 is 0 Å². The summed E-state index contributed by atoms with van der Waals surface area (Å²) >= 11 is 0. The van der Waals surface area contributed by atoms with Crippen LogP contribution in [-0.2, 0) is 4.79 Å². The molecule has 0 aliphatic carbocycles. The number of pyridine rings is 1. The number of nitrogen functional groups attached to an aromatic ring is 1. The predicted molar refractivity (Wildman–Crippen MR) is 60.3 cm³/mol. The summed E-state index contributed by atoms with van der Waals surface area (Å²) in [6.07, 6.45) is 2.38. The Morgan fingerprint density at radius 2 is 2.38 bits per heavy atom. The van der Waals surface area contributed by atoms with Crippen molar-refractivity contribution in [1.29, 1.82) is 5.26 Å². The van der Waals surface area contributed by atoms with Crippen molar-refractivity contribution in [3.05, 3.63) is 17.8 Å². The molecule has 0 aliphatic rings. The molecule has 0 saturated heterocycles. The number of anilines is 2. The van der Waals surface area contributed by atoms with Crippen LogP contribution in [0.5, 0.6) is 0 Å². The maximum absolute atomic E-state index is 10.5. The van der Waals surface area contributed by atoms with E-state index in [1.54, 1.807) is 6.07 Å². The van der Waals surface area contributed by atoms with Gasteiger partial charge in [0, 0.05) is 19.2 Å². The Balaban J connectivity index is 2.49. The molecule has 1 amide bonds. The van der Waals surface area contributed by atoms with Gasteiger partial charge < -0.3 is 16.8 Å². The van der Waals surface area contributed by atoms with Crippen LogP contribution in [0.2, 0.25) is 0 Å². The van der Waals surface area contributed by atoms with Gasteiger partial charge in [-0.1, -0.05) is 0 Å². The third-order valence-corrected chi connectivity index (χ3v) is 1.94. The number of hydrogen-bond donors (Lipinski definition) is 3. The van der Waals surface area contributed by atoms with E-state index in [4.69, 9.17) is 16.7 Å². The van der Waals surface area contributed by atoms with E-state index in [0.29, 0.717) is 36.5 Å². The largest absolute Gasteiger partial charge is 0.396 e. The lowest BCUT2D eigenvalue weighted by atomic mass is 10.2. The van der Waals surface area contributed by atoms with E-state index in [1.165, 1.54) is 6.20 Å². The molecule has 0 spiro atoms. The number of carbonyl (C=O) groups excluding carboxylic acids is 1. The average molecular weight is 219 g/mol. The fraction of sp³-hybridized carbons (Fsp3) is 0.300. The maximum atomic E-state index is 10.5. The summed E-state index contributed by atoms with van der Waals surface area (Å²) in [7, 11) is 0. The molecule has 0 aromatic carbocycles. The molecule has 0 unspecified atom stereocenters. The van der Waals surface area contributed by atoms with Gasteiger partial charge in [0.05, 0.1) is 11.3 Å². The Kier molecular flexibility index (Phi) is 4.09. The van der Waals surface area contributed by atoms with E-state index in [0.717, 1.165) is 0 Å². The first-order valence-corrected chi connectivity index (χ1v) is 4.81. The van der Waals surface area contributed by atoms with E-state index >= 15 is 0 Å². The number of carbonyl (C=O) groups is 1. The van der Waals surface area contributed by atoms with Crippen LogP contribution in [0.1, 0.15) is 18.4 Å². The molecule has 6 nitrogen and oxygen atoms in total. The quantitative estimate of drug-likeness (QED) is 0.612. The van der Waals surface area contributed by atoms with Gasteiger partial charge in [-0.25, -0.2) is 4.98 Å². The summed E-state index contributed by atoms with van der Waals surface area (Å²) in [6.45, 7) is 0.562. The van der Waals surface area contributed by atoms with Gasteiger partial charge in [0.25, 0.3) is 0 Å². The number of nitrogens with zero attached hydrogens (tertiary/aromatic N) is 2. The van der Waals surface area contributed by atoms with Crippen LogP contribution < -0.4 is 16.8 Å². The number of nitrogens with one attached hydrogen (secondary N) is 1. The number of aromatic nitrogens is 1. The number of nitrogens with two attached hydrogens (primary N) is 2. The normalized spacial score (nSPS) is 9.44. The standard InChI is InChI=1S/C10H13N5O/c11-5-7-4-8(12)10(15-6-7)14-3-1-2-9(13)16/h4,6H,1-3,12H2,(H2,13,16)(H,14,15). The molecule has 16 heavy (non-hydrogen) atoms. The van der Waals surface area contributed by atoms with Crippen LogP contribution >= 0.6 is 0 Å². The lowest BCUT2D eigenvalue weighted by Crippen LogP contribution is -2.13. The Bertz CT molecular complexity index is 424. The van der Waals surface area contributed by atoms with Crippen LogP contribution in [0.25, 0.3) is 0 Å². The minimum Gasteiger partial charge on any atom is -0.396 e. The smallest absolute Gasteiger partial charge is 0.217 e. The lowest BCUT2D eigenvalue weighted by molar-refractivity contribution is -0.118. The van der Waals surface area contributed by atoms with Crippen molar-refractivity contribution in [3.63, 3.8) is 0 Å². The molecule has 0 radical (unpaired) electrons. The highest BCUT2D eigenvalue weighted by molar-refractivity contribution is 5.73. The molecule has 0 aliphatic heterocycles. The Hall–Kier alpha value is -2.29. The predicted octanol–water partition coefficient (Wildman–Crippen LogP) is 0.213. The van der Waals surface area contributed by atoms with Crippen molar-refractivity contribution >= 4 is 17.4 Å². The van der Waals surface area contributed by atoms with Gasteiger partial charge >= 0.3 is 0 Å². The minimum atomic E-state index is -0.331. The van der Waals surface area contributed by atoms with Crippen LogP contribution in [-0.4, -0.2) is 17.4 Å². The van der Waals surface area contributed by atoms with Crippen LogP contribution in [0.15, 0.2) is 12.3 Å². The van der Waals surface area contributed by atoms with Crippen molar-refractivity contribution in [2.45, 2.75) is 12.8 Å². The maximum Gasteiger partial charge on any atom is 0.217 e. The second kappa shape index (κ2) is 5.56. The van der Waals surface area contributed by atoms with Gasteiger partial charge in [-0.2, -0.15) is 5.26 Å². The Morgan fingerprint density at radius 3 is 2.94 bits per heavy atom. The molecular weight excluding hydrogens is 206 g/mol. The van der Waals surface area contributed by atoms with E-state index in [9.17, 15) is 4.79 Å². The van der Waals surface area contributed by atoms with Gasteiger partial charge in [-0.3, -0.25) is 4.79 Å². The zero-order chi connectivity index (χ0) is 12.0. The van der Waals surface area contributed by atoms with Crippen molar-refractivity contribution in [1.82, 2.24) is 4.98 Å². The van der Waals surface area contributed by atoms with Gasteiger partial charge in [-0.05, 0) is 12.5 Å². The number of amides is 1. The molecule has 0 atom stereocenters. The van der Waals surface area contributed by atoms with Gasteiger partial charge in [-0.15, -0.1) is 0 Å². The van der Waals surface area contributed by atoms with Crippen LogP contribution in [0.4, 0.5) is 11.5 Å². The number of primary amides is 1. The number of rotatable bonds is 5. The highest BCUT2D eigenvalue weighted by Gasteiger charge is 2.02. The molecular formula is C10H13N5O. The molecule has 5 N–H and O–H groups in total. The summed E-state index contributed by atoms with van der Waals surface area (Å²) in [4.78, 5) is 14.5. The molecule has 0 bridgehead atoms. The SMILES string of the molecule is N#Cc1cnc(NCCCC(N)=O)c(N)c1. The molecule has 0 fully saturated rings. The van der Waals surface area contributed by atoms with E-state index in [1.807, 2.05) is 6.07 Å². The Morgan fingerprint density at radius 1 is 1.62 bits per heavy atom. The third kappa shape index (κ3) is 3.46. The number of nitriles is 1. The molecule has 6 heteroatoms. The molecule has 0 saturated carbocycles. The summed E-state index contributed by atoms with van der Waals surface area (Å²) < 4.78 is 0. The molecule has 84 valence electrons. The summed E-state index contributed by atoms with van der Waals surface area (Å²) in [5, 5.41) is 11.6. The van der Waals surface area contributed by atoms with E-state index in [2.05, 4.69) is 10.3 Å². The number of hydrogen-bond acceptors (Lipinski definition) is 5. The molecule has 1 aromatic rings. The van der Waals surface area contributed by atoms with Crippen LogP contribution in [0, 0.1) is 11.3 Å². The van der Waals surface area contributed by atoms with Gasteiger partial charge in [0.1, 0.15) is 11.9 Å². The highest BCUT2D eigenvalue weighted by Crippen LogP contribution is 2.15. The molecule has 1 heterocycles. The summed E-state index contributed by atoms with van der Waals surface area (Å²) in [6, 6.07) is 3.49. The monoisotopic (exact) mass is 219 g/mol. The topological polar surface area (TPSA) is 118 Å². The van der Waals surface area contributed by atoms with Crippen molar-refractivity contribution in [3.8, 4) is 6.07 Å². The zero-order valence-corrected chi connectivity index (χ0v) is 8.73. The fourth-order valence-corrected chi connectivity index (χ4v) is 1.16. The van der Waals surface area contributed by atoms with Crippen molar-refractivity contribution < 1.29 is 4.79 Å². The average Bonchev–Trinajstić information content (AvgIpc) is 2.25. The highest BCUT2D eigenvalue weighted by atomic mass is 16.1. The summed E-state index contributed by atoms with van der Waals surface area (Å²) in [5.74, 6) is 0.186. The molecule has 1 rings (SSSR count). The van der Waals surface area contributed by atoms with E-state index in [-0.39, 0.29) is 5.91 Å². The first-order valence-electron chi connectivity index (χ1n) is 4.81. The second-order valence-corrected chi connectivity index (χ2v) is 3.27. The summed E-state index contributed by atoms with van der Waals surface area (Å²) in [5.41, 5.74) is 11.5. The fourth-order valence-electron chi connectivity index (χ4n) is 1.16. The van der Waals surface area contributed by atoms with Gasteiger partial charge in [0.2, 0.25) is 5.91 Å². The minimum absolute atomic E-state index is 0.323. The third-order valence-electron chi connectivity index (χ3n) is 1.94. The van der Waals surface area contributed by atoms with Crippen molar-refractivity contribution in [2.24, 2.45) is 5.73 Å². The first kappa shape index (κ1) is 11.8. The zero-order valence-electron chi connectivity index (χ0n) is 8.73. The van der Waals surface area contributed by atoms with Crippen LogP contribution in [0.3, 0.4) is 0 Å². The Labute approximate surface area is 93.3 Å². The lowest BCUT2D eigenvalue weighted by Gasteiger charge is -2.07. The first-order chi connectivity index (χ1) is 7.63.